The minimum absolute atomic E-state index is 0.0219. The van der Waals surface area contributed by atoms with Gasteiger partial charge in [-0.05, 0) is 30.6 Å². The largest absolute Gasteiger partial charge is 0.481 e. The van der Waals surface area contributed by atoms with Crippen molar-refractivity contribution < 1.29 is 19.8 Å². The molecule has 15 heavy (non-hydrogen) atoms. The van der Waals surface area contributed by atoms with E-state index >= 15 is 0 Å². The highest BCUT2D eigenvalue weighted by molar-refractivity contribution is 5.78. The Morgan fingerprint density at radius 1 is 1.40 bits per heavy atom. The minimum atomic E-state index is -1.02. The second-order valence-corrected chi connectivity index (χ2v) is 5.21. The summed E-state index contributed by atoms with van der Waals surface area (Å²) in [6.45, 7) is 4.21. The first-order valence-electron chi connectivity index (χ1n) is 5.26. The monoisotopic (exact) mass is 214 g/mol. The summed E-state index contributed by atoms with van der Waals surface area (Å²) in [7, 11) is 0. The van der Waals surface area contributed by atoms with E-state index in [2.05, 4.69) is 13.8 Å². The van der Waals surface area contributed by atoms with Crippen molar-refractivity contribution in [1.82, 2.24) is 0 Å². The molecule has 0 aromatic carbocycles. The first-order valence-corrected chi connectivity index (χ1v) is 5.26. The van der Waals surface area contributed by atoms with Gasteiger partial charge in [0.15, 0.2) is 0 Å². The zero-order valence-corrected chi connectivity index (χ0v) is 9.19. The van der Waals surface area contributed by atoms with Crippen molar-refractivity contribution in [3.05, 3.63) is 0 Å². The molecule has 4 nitrogen and oxygen atoms in total. The Morgan fingerprint density at radius 2 is 2.00 bits per heavy atom. The third-order valence-electron chi connectivity index (χ3n) is 3.29. The molecule has 0 amide bonds. The summed E-state index contributed by atoms with van der Waals surface area (Å²) >= 11 is 0. The van der Waals surface area contributed by atoms with Gasteiger partial charge in [-0.15, -0.1) is 0 Å². The van der Waals surface area contributed by atoms with Gasteiger partial charge in [0.1, 0.15) is 0 Å². The molecule has 2 N–H and O–H groups in total. The number of carboxylic acid groups (broad SMARTS) is 2. The molecule has 0 aliphatic heterocycles. The highest BCUT2D eigenvalue weighted by atomic mass is 16.4. The Kier molecular flexibility index (Phi) is 3.37. The summed E-state index contributed by atoms with van der Waals surface area (Å²) in [6.07, 6.45) is 2.38. The van der Waals surface area contributed by atoms with Gasteiger partial charge in [0.25, 0.3) is 0 Å². The van der Waals surface area contributed by atoms with Crippen LogP contribution in [0.25, 0.3) is 0 Å². The summed E-state index contributed by atoms with van der Waals surface area (Å²) in [5, 5.41) is 17.6. The van der Waals surface area contributed by atoms with E-state index in [-0.39, 0.29) is 17.8 Å². The van der Waals surface area contributed by atoms with Crippen LogP contribution in [0.1, 0.15) is 39.5 Å². The van der Waals surface area contributed by atoms with Crippen LogP contribution in [0.15, 0.2) is 0 Å². The summed E-state index contributed by atoms with van der Waals surface area (Å²) < 4.78 is 0. The molecule has 0 radical (unpaired) electrons. The fraction of sp³-hybridized carbons (Fsp3) is 0.818. The maximum absolute atomic E-state index is 11.0. The van der Waals surface area contributed by atoms with Gasteiger partial charge in [-0.25, -0.2) is 0 Å². The van der Waals surface area contributed by atoms with E-state index in [0.29, 0.717) is 0 Å². The zero-order valence-electron chi connectivity index (χ0n) is 9.19. The van der Waals surface area contributed by atoms with Crippen molar-refractivity contribution >= 4 is 11.9 Å². The van der Waals surface area contributed by atoms with E-state index < -0.39 is 17.9 Å². The van der Waals surface area contributed by atoms with Gasteiger partial charge in [-0.2, -0.15) is 0 Å². The second kappa shape index (κ2) is 4.21. The molecule has 0 spiro atoms. The third-order valence-corrected chi connectivity index (χ3v) is 3.29. The molecule has 1 aliphatic carbocycles. The summed E-state index contributed by atoms with van der Waals surface area (Å²) in [6, 6.07) is 0. The van der Waals surface area contributed by atoms with Crippen LogP contribution in [-0.4, -0.2) is 22.2 Å². The highest BCUT2D eigenvalue weighted by Crippen LogP contribution is 2.44. The molecule has 1 fully saturated rings. The quantitative estimate of drug-likeness (QED) is 0.750. The van der Waals surface area contributed by atoms with Gasteiger partial charge >= 0.3 is 11.9 Å². The fourth-order valence-corrected chi connectivity index (χ4v) is 2.48. The van der Waals surface area contributed by atoms with Crippen LogP contribution in [0, 0.1) is 17.3 Å². The Labute approximate surface area is 89.3 Å². The molecular formula is C11H18O4. The average molecular weight is 214 g/mol. The second-order valence-electron chi connectivity index (χ2n) is 5.21. The summed E-state index contributed by atoms with van der Waals surface area (Å²) in [5.41, 5.74) is 0.164. The van der Waals surface area contributed by atoms with Gasteiger partial charge in [-0.1, -0.05) is 13.8 Å². The fourth-order valence-electron chi connectivity index (χ4n) is 2.48. The third kappa shape index (κ3) is 3.22. The van der Waals surface area contributed by atoms with Crippen LogP contribution in [0.3, 0.4) is 0 Å². The summed E-state index contributed by atoms with van der Waals surface area (Å²) in [5.74, 6) is -2.69. The molecule has 1 saturated carbocycles. The molecule has 2 unspecified atom stereocenters. The number of hydrogen-bond donors (Lipinski definition) is 2. The molecule has 4 heteroatoms. The topological polar surface area (TPSA) is 74.6 Å². The van der Waals surface area contributed by atoms with Gasteiger partial charge in [0.05, 0.1) is 12.3 Å². The van der Waals surface area contributed by atoms with E-state index in [0.717, 1.165) is 19.3 Å². The van der Waals surface area contributed by atoms with E-state index in [9.17, 15) is 9.59 Å². The lowest BCUT2D eigenvalue weighted by molar-refractivity contribution is -0.150. The van der Waals surface area contributed by atoms with E-state index in [1.165, 1.54) is 0 Å². The van der Waals surface area contributed by atoms with Gasteiger partial charge in [-0.3, -0.25) is 9.59 Å². The first kappa shape index (κ1) is 12.0. The smallest absolute Gasteiger partial charge is 0.307 e. The van der Waals surface area contributed by atoms with Crippen LogP contribution in [0.2, 0.25) is 0 Å². The molecule has 2 atom stereocenters. The first-order chi connectivity index (χ1) is 6.82. The van der Waals surface area contributed by atoms with Gasteiger partial charge in [0.2, 0.25) is 0 Å². The van der Waals surface area contributed by atoms with Crippen molar-refractivity contribution in [2.45, 2.75) is 39.5 Å². The number of carboxylic acids is 2. The average Bonchev–Trinajstić information content (AvgIpc) is 2.41. The van der Waals surface area contributed by atoms with Crippen LogP contribution in [0.5, 0.6) is 0 Å². The van der Waals surface area contributed by atoms with Crippen molar-refractivity contribution in [3.8, 4) is 0 Å². The van der Waals surface area contributed by atoms with Crippen molar-refractivity contribution in [3.63, 3.8) is 0 Å². The molecule has 0 heterocycles. The molecule has 1 aliphatic rings. The Bertz CT molecular complexity index is 270. The predicted molar refractivity (Wildman–Crippen MR) is 54.5 cm³/mol. The number of rotatable bonds is 4. The number of aliphatic carboxylic acids is 2. The van der Waals surface area contributed by atoms with Crippen molar-refractivity contribution in [2.75, 3.05) is 0 Å². The molecule has 86 valence electrons. The van der Waals surface area contributed by atoms with Gasteiger partial charge < -0.3 is 10.2 Å². The lowest BCUT2D eigenvalue weighted by Gasteiger charge is -2.20. The molecular weight excluding hydrogens is 196 g/mol. The van der Waals surface area contributed by atoms with E-state index in [4.69, 9.17) is 10.2 Å². The Hall–Kier alpha value is -1.06. The number of carbonyl (C=O) groups is 2. The van der Waals surface area contributed by atoms with Crippen LogP contribution >= 0.6 is 0 Å². The van der Waals surface area contributed by atoms with Gasteiger partial charge in [0, 0.05) is 0 Å². The maximum atomic E-state index is 11.0. The standard InChI is InChI=1S/C11H18O4/c1-11(2)4-3-7(6-11)8(10(14)15)5-9(12)13/h7-8H,3-6H2,1-2H3,(H,12,13)(H,14,15). The molecule has 0 bridgehead atoms. The van der Waals surface area contributed by atoms with E-state index in [1.807, 2.05) is 0 Å². The van der Waals surface area contributed by atoms with Crippen LogP contribution < -0.4 is 0 Å². The molecule has 0 aromatic heterocycles. The molecule has 0 aromatic rings. The van der Waals surface area contributed by atoms with Crippen molar-refractivity contribution in [2.24, 2.45) is 17.3 Å². The highest BCUT2D eigenvalue weighted by Gasteiger charge is 2.39. The summed E-state index contributed by atoms with van der Waals surface area (Å²) in [4.78, 5) is 21.5. The normalized spacial score (nSPS) is 26.1. The SMILES string of the molecule is CC1(C)CCC(C(CC(=O)O)C(=O)O)C1. The molecule has 0 saturated heterocycles. The predicted octanol–water partition coefficient (Wildman–Crippen LogP) is 1.99. The Balaban J connectivity index is 2.66. The number of hydrogen-bond acceptors (Lipinski definition) is 2. The lowest BCUT2D eigenvalue weighted by atomic mass is 9.84. The van der Waals surface area contributed by atoms with E-state index in [1.54, 1.807) is 0 Å². The molecule has 1 rings (SSSR count). The van der Waals surface area contributed by atoms with Crippen LogP contribution in [0.4, 0.5) is 0 Å². The Morgan fingerprint density at radius 3 is 2.33 bits per heavy atom. The minimum Gasteiger partial charge on any atom is -0.481 e. The lowest BCUT2D eigenvalue weighted by Crippen LogP contribution is -2.25. The van der Waals surface area contributed by atoms with Crippen molar-refractivity contribution in [1.29, 1.82) is 0 Å². The van der Waals surface area contributed by atoms with Crippen LogP contribution in [-0.2, 0) is 9.59 Å². The maximum Gasteiger partial charge on any atom is 0.307 e. The zero-order chi connectivity index (χ0) is 11.6.